The number of rotatable bonds is 6. The molecule has 1 aromatic carbocycles. The van der Waals surface area contributed by atoms with Gasteiger partial charge < -0.3 is 14.4 Å². The molecule has 0 saturated carbocycles. The van der Waals surface area contributed by atoms with Gasteiger partial charge in [-0.05, 0) is 5.56 Å². The van der Waals surface area contributed by atoms with Gasteiger partial charge in [0.1, 0.15) is 6.61 Å². The molecular weight excluding hydrogens is 268 g/mol. The molecular formula is C16H20N2O3. The van der Waals surface area contributed by atoms with Gasteiger partial charge in [-0.25, -0.2) is 0 Å². The molecule has 0 spiro atoms. The molecule has 112 valence electrons. The minimum absolute atomic E-state index is 0.148. The van der Waals surface area contributed by atoms with Crippen molar-refractivity contribution in [1.29, 1.82) is 0 Å². The lowest BCUT2D eigenvalue weighted by molar-refractivity contribution is 0.00887. The highest BCUT2D eigenvalue weighted by atomic mass is 16.5. The Morgan fingerprint density at radius 2 is 2.19 bits per heavy atom. The Morgan fingerprint density at radius 1 is 1.38 bits per heavy atom. The first-order chi connectivity index (χ1) is 10.3. The third-order valence-corrected chi connectivity index (χ3v) is 4.04. The molecule has 0 amide bonds. The van der Waals surface area contributed by atoms with E-state index in [4.69, 9.17) is 9.26 Å². The molecule has 0 bridgehead atoms. The van der Waals surface area contributed by atoms with Crippen LogP contribution in [-0.4, -0.2) is 41.5 Å². The average Bonchev–Trinajstić information content (AvgIpc) is 2.92. The maximum absolute atomic E-state index is 9.65. The first-order valence-electron chi connectivity index (χ1n) is 7.15. The molecule has 2 aromatic rings. The highest BCUT2D eigenvalue weighted by molar-refractivity contribution is 5.25. The van der Waals surface area contributed by atoms with Crippen LogP contribution in [0.1, 0.15) is 22.9 Å². The molecule has 1 saturated heterocycles. The molecule has 2 heterocycles. The van der Waals surface area contributed by atoms with E-state index in [1.165, 1.54) is 5.56 Å². The predicted molar refractivity (Wildman–Crippen MR) is 77.7 cm³/mol. The molecule has 1 aliphatic heterocycles. The van der Waals surface area contributed by atoms with Crippen LogP contribution in [-0.2, 0) is 17.9 Å². The van der Waals surface area contributed by atoms with Crippen LogP contribution in [0.15, 0.2) is 40.9 Å². The Hall–Kier alpha value is -1.69. The summed E-state index contributed by atoms with van der Waals surface area (Å²) in [6.45, 7) is 2.22. The molecule has 3 rings (SSSR count). The van der Waals surface area contributed by atoms with Crippen molar-refractivity contribution in [2.24, 2.45) is 0 Å². The van der Waals surface area contributed by atoms with Gasteiger partial charge in [0.2, 0.25) is 0 Å². The van der Waals surface area contributed by atoms with Gasteiger partial charge in [-0.1, -0.05) is 35.5 Å². The van der Waals surface area contributed by atoms with Gasteiger partial charge in [0.25, 0.3) is 0 Å². The summed E-state index contributed by atoms with van der Waals surface area (Å²) in [6, 6.07) is 12.4. The summed E-state index contributed by atoms with van der Waals surface area (Å²) in [5.41, 5.74) is 2.17. The van der Waals surface area contributed by atoms with Crippen LogP contribution in [0.4, 0.5) is 0 Å². The van der Waals surface area contributed by atoms with E-state index in [1.807, 2.05) is 24.3 Å². The molecule has 1 aliphatic rings. The van der Waals surface area contributed by atoms with Crippen LogP contribution >= 0.6 is 0 Å². The third kappa shape index (κ3) is 3.00. The highest BCUT2D eigenvalue weighted by Crippen LogP contribution is 2.34. The largest absolute Gasteiger partial charge is 0.395 e. The molecule has 0 aliphatic carbocycles. The topological polar surface area (TPSA) is 58.7 Å². The normalized spacial score (nSPS) is 22.2. The summed E-state index contributed by atoms with van der Waals surface area (Å²) in [5.74, 6) is 1.12. The van der Waals surface area contributed by atoms with Gasteiger partial charge in [-0.2, -0.15) is 0 Å². The van der Waals surface area contributed by atoms with Crippen molar-refractivity contribution >= 4 is 0 Å². The van der Waals surface area contributed by atoms with Gasteiger partial charge in [-0.3, -0.25) is 4.90 Å². The lowest BCUT2D eigenvalue weighted by Gasteiger charge is -2.47. The molecule has 1 aromatic heterocycles. The minimum Gasteiger partial charge on any atom is -0.395 e. The van der Waals surface area contributed by atoms with Crippen molar-refractivity contribution in [3.8, 4) is 0 Å². The molecule has 0 radical (unpaired) electrons. The lowest BCUT2D eigenvalue weighted by atomic mass is 9.83. The number of aliphatic hydroxyl groups is 1. The number of hydrogen-bond acceptors (Lipinski definition) is 5. The Kier molecular flexibility index (Phi) is 4.34. The zero-order chi connectivity index (χ0) is 14.7. The molecule has 1 N–H and O–H groups in total. The van der Waals surface area contributed by atoms with Crippen molar-refractivity contribution < 1.29 is 14.4 Å². The Balaban J connectivity index is 1.62. The first kappa shape index (κ1) is 14.3. The third-order valence-electron chi connectivity index (χ3n) is 4.04. The van der Waals surface area contributed by atoms with Gasteiger partial charge in [0.05, 0.1) is 12.3 Å². The van der Waals surface area contributed by atoms with E-state index in [9.17, 15) is 5.11 Å². The number of ether oxygens (including phenoxy) is 1. The summed E-state index contributed by atoms with van der Waals surface area (Å²) in [5, 5.41) is 13.7. The van der Waals surface area contributed by atoms with Crippen LogP contribution < -0.4 is 0 Å². The van der Waals surface area contributed by atoms with E-state index < -0.39 is 0 Å². The fourth-order valence-corrected chi connectivity index (χ4v) is 2.93. The number of methoxy groups -OCH3 is 1. The number of hydrogen-bond donors (Lipinski definition) is 1. The zero-order valence-electron chi connectivity index (χ0n) is 12.1. The summed E-state index contributed by atoms with van der Waals surface area (Å²) in [4.78, 5) is 2.23. The van der Waals surface area contributed by atoms with Gasteiger partial charge in [0, 0.05) is 38.2 Å². The quantitative estimate of drug-likeness (QED) is 0.878. The number of benzene rings is 1. The van der Waals surface area contributed by atoms with Crippen molar-refractivity contribution in [3.05, 3.63) is 53.4 Å². The van der Waals surface area contributed by atoms with Gasteiger partial charge in [0.15, 0.2) is 5.76 Å². The SMILES string of the molecule is COCc1cc(CN2C[C@H](c3ccccc3)[C@H]2CO)no1. The second kappa shape index (κ2) is 6.39. The van der Waals surface area contributed by atoms with Gasteiger partial charge in [-0.15, -0.1) is 0 Å². The Morgan fingerprint density at radius 3 is 2.90 bits per heavy atom. The van der Waals surface area contributed by atoms with Crippen molar-refractivity contribution in [2.45, 2.75) is 25.1 Å². The van der Waals surface area contributed by atoms with Crippen molar-refractivity contribution in [2.75, 3.05) is 20.3 Å². The summed E-state index contributed by atoms with van der Waals surface area (Å²) < 4.78 is 10.2. The van der Waals surface area contributed by atoms with Crippen LogP contribution in [0, 0.1) is 0 Å². The van der Waals surface area contributed by atoms with E-state index in [2.05, 4.69) is 22.2 Å². The standard InChI is InChI=1S/C16H20N2O3/c1-20-11-14-7-13(17-21-14)8-18-9-15(16(18)10-19)12-5-3-2-4-6-12/h2-7,15-16,19H,8-11H2,1H3/t15-,16-/m1/s1. The van der Waals surface area contributed by atoms with E-state index >= 15 is 0 Å². The van der Waals surface area contributed by atoms with E-state index in [0.29, 0.717) is 19.1 Å². The van der Waals surface area contributed by atoms with Crippen LogP contribution in [0.2, 0.25) is 0 Å². The molecule has 21 heavy (non-hydrogen) atoms. The summed E-state index contributed by atoms with van der Waals surface area (Å²) >= 11 is 0. The number of likely N-dealkylation sites (tertiary alicyclic amines) is 1. The highest BCUT2D eigenvalue weighted by Gasteiger charge is 2.39. The molecule has 1 fully saturated rings. The fourth-order valence-electron chi connectivity index (χ4n) is 2.93. The van der Waals surface area contributed by atoms with E-state index in [1.54, 1.807) is 7.11 Å². The van der Waals surface area contributed by atoms with Crippen molar-refractivity contribution in [3.63, 3.8) is 0 Å². The summed E-state index contributed by atoms with van der Waals surface area (Å²) in [7, 11) is 1.63. The maximum Gasteiger partial charge on any atom is 0.162 e. The molecule has 0 unspecified atom stereocenters. The average molecular weight is 288 g/mol. The van der Waals surface area contributed by atoms with Crippen molar-refractivity contribution in [1.82, 2.24) is 10.1 Å². The predicted octanol–water partition coefficient (Wildman–Crippen LogP) is 1.78. The molecule has 5 heteroatoms. The Bertz CT molecular complexity index is 570. The number of nitrogens with zero attached hydrogens (tertiary/aromatic N) is 2. The van der Waals surface area contributed by atoms with E-state index in [0.717, 1.165) is 18.0 Å². The monoisotopic (exact) mass is 288 g/mol. The number of aliphatic hydroxyl groups excluding tert-OH is 1. The second-order valence-corrected chi connectivity index (χ2v) is 5.41. The van der Waals surface area contributed by atoms with Crippen LogP contribution in [0.25, 0.3) is 0 Å². The van der Waals surface area contributed by atoms with Crippen LogP contribution in [0.5, 0.6) is 0 Å². The molecule has 2 atom stereocenters. The smallest absolute Gasteiger partial charge is 0.162 e. The van der Waals surface area contributed by atoms with E-state index in [-0.39, 0.29) is 12.6 Å². The second-order valence-electron chi connectivity index (χ2n) is 5.41. The fraction of sp³-hybridized carbons (Fsp3) is 0.438. The van der Waals surface area contributed by atoms with Gasteiger partial charge >= 0.3 is 0 Å². The Labute approximate surface area is 124 Å². The molecule has 5 nitrogen and oxygen atoms in total. The zero-order valence-corrected chi connectivity index (χ0v) is 12.1. The minimum atomic E-state index is 0.148. The first-order valence-corrected chi connectivity index (χ1v) is 7.15. The maximum atomic E-state index is 9.65. The number of aromatic nitrogens is 1. The lowest BCUT2D eigenvalue weighted by Crippen LogP contribution is -2.55. The van der Waals surface area contributed by atoms with Crippen LogP contribution in [0.3, 0.4) is 0 Å². The summed E-state index contributed by atoms with van der Waals surface area (Å²) in [6.07, 6.45) is 0.